The first kappa shape index (κ1) is 19.0. The van der Waals surface area contributed by atoms with Crippen LogP contribution in [0.15, 0.2) is 30.3 Å². The number of carboxylic acid groups (broad SMARTS) is 1. The van der Waals surface area contributed by atoms with Gasteiger partial charge in [0, 0.05) is 12.5 Å². The van der Waals surface area contributed by atoms with Gasteiger partial charge in [-0.1, -0.05) is 30.3 Å². The summed E-state index contributed by atoms with van der Waals surface area (Å²) in [7, 11) is 0. The topological polar surface area (TPSA) is 78.5 Å². The number of hydrogen-bond donors (Lipinski definition) is 1. The minimum absolute atomic E-state index is 0. The van der Waals surface area contributed by atoms with Gasteiger partial charge in [-0.05, 0) is 43.1 Å². The van der Waals surface area contributed by atoms with E-state index in [2.05, 4.69) is 5.32 Å². The number of alkyl carbamates (subject to hydrolysis) is 1. The summed E-state index contributed by atoms with van der Waals surface area (Å²) in [5, 5.41) is 13.5. The van der Waals surface area contributed by atoms with Crippen molar-refractivity contribution in [2.24, 2.45) is 11.8 Å². The second-order valence-corrected chi connectivity index (χ2v) is 5.48. The Morgan fingerprint density at radius 2 is 1.77 bits per heavy atom. The molecule has 0 aromatic heterocycles. The van der Waals surface area contributed by atoms with Crippen LogP contribution in [0.3, 0.4) is 0 Å². The van der Waals surface area contributed by atoms with Gasteiger partial charge >= 0.3 is 35.7 Å². The quantitative estimate of drug-likeness (QED) is 0.669. The van der Waals surface area contributed by atoms with Crippen molar-refractivity contribution in [3.05, 3.63) is 35.9 Å². The smallest absolute Gasteiger partial charge is 0.550 e. The zero-order valence-electron chi connectivity index (χ0n) is 12.9. The number of hydrogen-bond acceptors (Lipinski definition) is 4. The van der Waals surface area contributed by atoms with Gasteiger partial charge < -0.3 is 20.0 Å². The van der Waals surface area contributed by atoms with Gasteiger partial charge in [-0.25, -0.2) is 4.79 Å². The number of benzene rings is 1. The number of aliphatic carboxylic acids is 1. The largest absolute Gasteiger partial charge is 1.00 e. The molecule has 1 aromatic carbocycles. The Hall–Kier alpha value is -1.04. The summed E-state index contributed by atoms with van der Waals surface area (Å²) in [6.07, 6.45) is 2.44. The van der Waals surface area contributed by atoms with Gasteiger partial charge in [0.25, 0.3) is 0 Å². The van der Waals surface area contributed by atoms with Crippen molar-refractivity contribution in [2.45, 2.75) is 32.3 Å². The number of carbonyl (C=O) groups excluding carboxylic acids is 2. The first-order chi connectivity index (χ1) is 10.1. The third-order valence-electron chi connectivity index (χ3n) is 3.93. The molecule has 0 saturated heterocycles. The van der Waals surface area contributed by atoms with E-state index in [9.17, 15) is 14.7 Å². The molecule has 0 radical (unpaired) electrons. The number of amides is 1. The molecule has 1 aliphatic rings. The van der Waals surface area contributed by atoms with Crippen LogP contribution in [0, 0.1) is 11.8 Å². The number of ether oxygens (including phenoxy) is 1. The zero-order valence-corrected chi connectivity index (χ0v) is 14.9. The van der Waals surface area contributed by atoms with Crippen molar-refractivity contribution in [3.8, 4) is 0 Å². The summed E-state index contributed by atoms with van der Waals surface area (Å²) < 4.78 is 5.12. The summed E-state index contributed by atoms with van der Waals surface area (Å²) in [5.74, 6) is -0.958. The van der Waals surface area contributed by atoms with E-state index in [0.29, 0.717) is 25.3 Å². The monoisotopic (exact) mass is 313 g/mol. The standard InChI is InChI=1S/C16H21NO4.Na/c18-15(19)14-8-6-12(7-9-14)10-17-16(20)21-11-13-4-2-1-3-5-13;/h1-5,12,14H,6-11H2,(H,17,20)(H,18,19);/q;+1/p-1. The minimum atomic E-state index is -0.955. The molecule has 1 aliphatic carbocycles. The van der Waals surface area contributed by atoms with E-state index in [1.165, 1.54) is 0 Å². The fourth-order valence-electron chi connectivity index (χ4n) is 2.60. The molecule has 0 atom stereocenters. The number of carbonyl (C=O) groups is 2. The van der Waals surface area contributed by atoms with Crippen molar-refractivity contribution in [2.75, 3.05) is 6.54 Å². The molecular weight excluding hydrogens is 293 g/mol. The summed E-state index contributed by atoms with van der Waals surface area (Å²) >= 11 is 0. The number of rotatable bonds is 5. The van der Waals surface area contributed by atoms with Crippen molar-refractivity contribution >= 4 is 12.1 Å². The minimum Gasteiger partial charge on any atom is -0.550 e. The molecule has 0 spiro atoms. The fourth-order valence-corrected chi connectivity index (χ4v) is 2.60. The predicted octanol–water partition coefficient (Wildman–Crippen LogP) is -1.53. The predicted molar refractivity (Wildman–Crippen MR) is 75.1 cm³/mol. The van der Waals surface area contributed by atoms with Crippen molar-refractivity contribution in [1.82, 2.24) is 5.32 Å². The maximum absolute atomic E-state index is 11.6. The molecule has 5 nitrogen and oxygen atoms in total. The van der Waals surface area contributed by atoms with Crippen LogP contribution in [0.1, 0.15) is 31.2 Å². The van der Waals surface area contributed by atoms with Gasteiger partial charge in [0.2, 0.25) is 0 Å². The third kappa shape index (κ3) is 6.38. The van der Waals surface area contributed by atoms with Gasteiger partial charge in [-0.3, -0.25) is 0 Å². The van der Waals surface area contributed by atoms with Crippen LogP contribution >= 0.6 is 0 Å². The van der Waals surface area contributed by atoms with Crippen molar-refractivity contribution in [1.29, 1.82) is 0 Å². The van der Waals surface area contributed by atoms with Crippen LogP contribution in [0.4, 0.5) is 4.79 Å². The Morgan fingerprint density at radius 3 is 2.36 bits per heavy atom. The summed E-state index contributed by atoms with van der Waals surface area (Å²) in [6, 6.07) is 9.49. The van der Waals surface area contributed by atoms with Crippen molar-refractivity contribution in [3.63, 3.8) is 0 Å². The van der Waals surface area contributed by atoms with Gasteiger partial charge in [0.05, 0.1) is 0 Å². The third-order valence-corrected chi connectivity index (χ3v) is 3.93. The first-order valence-electron chi connectivity index (χ1n) is 7.30. The van der Waals surface area contributed by atoms with E-state index in [1.54, 1.807) is 0 Å². The molecule has 0 unspecified atom stereocenters. The Labute approximate surface area is 152 Å². The van der Waals surface area contributed by atoms with Gasteiger partial charge in [-0.2, -0.15) is 0 Å². The second kappa shape index (κ2) is 9.87. The van der Waals surface area contributed by atoms with E-state index >= 15 is 0 Å². The number of nitrogens with one attached hydrogen (secondary N) is 1. The number of carboxylic acids is 1. The molecular formula is C16H20NNaO4. The molecule has 1 fully saturated rings. The molecule has 1 amide bonds. The zero-order chi connectivity index (χ0) is 15.1. The summed E-state index contributed by atoms with van der Waals surface area (Å²) in [4.78, 5) is 22.3. The summed E-state index contributed by atoms with van der Waals surface area (Å²) in [6.45, 7) is 0.789. The molecule has 22 heavy (non-hydrogen) atoms. The van der Waals surface area contributed by atoms with Gasteiger partial charge in [0.1, 0.15) is 6.61 Å². The second-order valence-electron chi connectivity index (χ2n) is 5.48. The molecule has 1 saturated carbocycles. The first-order valence-corrected chi connectivity index (χ1v) is 7.30. The molecule has 0 bridgehead atoms. The van der Waals surface area contributed by atoms with Crippen LogP contribution < -0.4 is 40.0 Å². The summed E-state index contributed by atoms with van der Waals surface area (Å²) in [5.41, 5.74) is 0.946. The molecule has 1 N–H and O–H groups in total. The van der Waals surface area contributed by atoms with Crippen LogP contribution in [0.2, 0.25) is 0 Å². The average Bonchev–Trinajstić information content (AvgIpc) is 2.52. The molecule has 2 rings (SSSR count). The maximum Gasteiger partial charge on any atom is 1.00 e. The van der Waals surface area contributed by atoms with Gasteiger partial charge in [0.15, 0.2) is 0 Å². The maximum atomic E-state index is 11.6. The Kier molecular flexibility index (Phi) is 8.53. The molecule has 6 heteroatoms. The van der Waals surface area contributed by atoms with E-state index in [1.807, 2.05) is 30.3 Å². The van der Waals surface area contributed by atoms with Crippen LogP contribution in [-0.2, 0) is 16.1 Å². The van der Waals surface area contributed by atoms with Gasteiger partial charge in [-0.15, -0.1) is 0 Å². The van der Waals surface area contributed by atoms with E-state index in [0.717, 1.165) is 18.4 Å². The fraction of sp³-hybridized carbons (Fsp3) is 0.500. The Morgan fingerprint density at radius 1 is 1.14 bits per heavy atom. The molecule has 0 heterocycles. The molecule has 0 aliphatic heterocycles. The van der Waals surface area contributed by atoms with E-state index in [-0.39, 0.29) is 42.1 Å². The van der Waals surface area contributed by atoms with Crippen LogP contribution in [-0.4, -0.2) is 18.6 Å². The van der Waals surface area contributed by atoms with E-state index in [4.69, 9.17) is 4.74 Å². The van der Waals surface area contributed by atoms with Crippen molar-refractivity contribution < 1.29 is 49.0 Å². The molecule has 1 aromatic rings. The molecule has 114 valence electrons. The SMILES string of the molecule is O=C(NCC1CCC(C(=O)[O-])CC1)OCc1ccccc1.[Na+]. The normalized spacial score (nSPS) is 20.5. The van der Waals surface area contributed by atoms with Crippen LogP contribution in [0.5, 0.6) is 0 Å². The Bertz CT molecular complexity index is 472. The van der Waals surface area contributed by atoms with E-state index < -0.39 is 12.1 Å². The average molecular weight is 313 g/mol. The van der Waals surface area contributed by atoms with Crippen LogP contribution in [0.25, 0.3) is 0 Å². The Balaban J connectivity index is 0.00000242.